The monoisotopic (exact) mass is 468 g/mol. The van der Waals surface area contributed by atoms with E-state index in [1.54, 1.807) is 61.5 Å². The number of aliphatic hydroxyl groups excluding tert-OH is 1. The lowest BCUT2D eigenvalue weighted by molar-refractivity contribution is -0.132. The minimum absolute atomic E-state index is 0.0202. The van der Waals surface area contributed by atoms with Crippen LogP contribution in [0.5, 0.6) is 5.75 Å². The number of aromatic nitrogens is 1. The summed E-state index contributed by atoms with van der Waals surface area (Å²) in [5.41, 5.74) is 1.02. The minimum Gasteiger partial charge on any atom is -0.507 e. The average molecular weight is 469 g/mol. The molecule has 0 unspecified atom stereocenters. The second-order valence-electron chi connectivity index (χ2n) is 6.74. The number of benzene rings is 2. The maximum Gasteiger partial charge on any atom is 0.301 e. The molecule has 0 radical (unpaired) electrons. The van der Waals surface area contributed by atoms with Gasteiger partial charge in [0.1, 0.15) is 17.3 Å². The third-order valence-electron chi connectivity index (χ3n) is 4.86. The highest BCUT2D eigenvalue weighted by Gasteiger charge is 2.48. The fraction of sp³-hybridized carbons (Fsp3) is 0.136. The maximum atomic E-state index is 13.0. The molecule has 8 heteroatoms. The smallest absolute Gasteiger partial charge is 0.301 e. The third-order valence-corrected chi connectivity index (χ3v) is 5.38. The predicted octanol–water partition coefficient (Wildman–Crippen LogP) is 4.38. The number of hydrogen-bond donors (Lipinski definition) is 1. The van der Waals surface area contributed by atoms with Crippen molar-refractivity contribution in [1.29, 1.82) is 0 Å². The van der Waals surface area contributed by atoms with Crippen LogP contribution >= 0.6 is 15.9 Å². The zero-order valence-corrected chi connectivity index (χ0v) is 17.7. The Morgan fingerprint density at radius 1 is 1.13 bits per heavy atom. The molecule has 30 heavy (non-hydrogen) atoms. The van der Waals surface area contributed by atoms with Crippen LogP contribution in [0.3, 0.4) is 0 Å². The zero-order chi connectivity index (χ0) is 21.4. The van der Waals surface area contributed by atoms with Crippen LogP contribution in [0.1, 0.15) is 22.9 Å². The van der Waals surface area contributed by atoms with E-state index in [9.17, 15) is 14.7 Å². The summed E-state index contributed by atoms with van der Waals surface area (Å²) in [5, 5.41) is 14.9. The largest absolute Gasteiger partial charge is 0.507 e. The lowest BCUT2D eigenvalue weighted by atomic mass is 9.95. The molecule has 152 valence electrons. The normalized spacial score (nSPS) is 18.1. The molecule has 1 aliphatic heterocycles. The van der Waals surface area contributed by atoms with Gasteiger partial charge in [-0.05, 0) is 48.9 Å². The number of nitrogens with zero attached hydrogens (tertiary/aromatic N) is 2. The Morgan fingerprint density at radius 2 is 1.80 bits per heavy atom. The molecule has 2 heterocycles. The molecule has 0 spiro atoms. The van der Waals surface area contributed by atoms with E-state index in [0.29, 0.717) is 22.6 Å². The fourth-order valence-corrected chi connectivity index (χ4v) is 3.66. The van der Waals surface area contributed by atoms with E-state index in [-0.39, 0.29) is 17.2 Å². The third kappa shape index (κ3) is 3.39. The van der Waals surface area contributed by atoms with Gasteiger partial charge in [0.2, 0.25) is 0 Å². The molecule has 0 aliphatic carbocycles. The number of hydrogen-bond acceptors (Lipinski definition) is 6. The molecule has 1 atom stereocenters. The number of rotatable bonds is 4. The van der Waals surface area contributed by atoms with Crippen LogP contribution in [-0.2, 0) is 9.59 Å². The Balaban J connectivity index is 1.91. The molecule has 7 nitrogen and oxygen atoms in total. The molecule has 1 aliphatic rings. The Labute approximate surface area is 180 Å². The first kappa shape index (κ1) is 19.9. The molecule has 1 aromatic heterocycles. The van der Waals surface area contributed by atoms with Crippen LogP contribution in [0.15, 0.2) is 69.2 Å². The highest BCUT2D eigenvalue weighted by Crippen LogP contribution is 2.42. The van der Waals surface area contributed by atoms with Gasteiger partial charge in [0.05, 0.1) is 18.7 Å². The fourth-order valence-electron chi connectivity index (χ4n) is 3.40. The molecule has 1 N–H and O–H groups in total. The summed E-state index contributed by atoms with van der Waals surface area (Å²) in [5.74, 6) is -0.544. The molecule has 1 amide bonds. The second kappa shape index (κ2) is 7.79. The first-order chi connectivity index (χ1) is 14.4. The van der Waals surface area contributed by atoms with Gasteiger partial charge >= 0.3 is 5.91 Å². The van der Waals surface area contributed by atoms with Crippen molar-refractivity contribution in [1.82, 2.24) is 5.16 Å². The lowest BCUT2D eigenvalue weighted by Crippen LogP contribution is -2.29. The number of methoxy groups -OCH3 is 1. The van der Waals surface area contributed by atoms with E-state index in [4.69, 9.17) is 9.26 Å². The molecule has 3 aromatic rings. The summed E-state index contributed by atoms with van der Waals surface area (Å²) in [4.78, 5) is 27.2. The van der Waals surface area contributed by atoms with Crippen LogP contribution in [0, 0.1) is 6.92 Å². The summed E-state index contributed by atoms with van der Waals surface area (Å²) in [6.45, 7) is 1.69. The van der Waals surface area contributed by atoms with Gasteiger partial charge in [-0.2, -0.15) is 0 Å². The SMILES string of the molecule is COc1ccc(/C(O)=C2\C(=O)C(=O)N(c3cc(C)on3)[C@@H]2c2ccc(Br)cc2)cc1. The summed E-state index contributed by atoms with van der Waals surface area (Å²) in [6, 6.07) is 14.5. The van der Waals surface area contributed by atoms with E-state index in [1.807, 2.05) is 0 Å². The van der Waals surface area contributed by atoms with Crippen LogP contribution in [0.2, 0.25) is 0 Å². The summed E-state index contributed by atoms with van der Waals surface area (Å²) in [6.07, 6.45) is 0. The van der Waals surface area contributed by atoms with Crippen LogP contribution < -0.4 is 9.64 Å². The van der Waals surface area contributed by atoms with E-state index in [1.165, 1.54) is 12.0 Å². The van der Waals surface area contributed by atoms with Crippen molar-refractivity contribution in [2.75, 3.05) is 12.0 Å². The Morgan fingerprint density at radius 3 is 2.37 bits per heavy atom. The van der Waals surface area contributed by atoms with Gasteiger partial charge in [0.15, 0.2) is 5.82 Å². The topological polar surface area (TPSA) is 92.9 Å². The van der Waals surface area contributed by atoms with Gasteiger partial charge in [-0.3, -0.25) is 14.5 Å². The van der Waals surface area contributed by atoms with Crippen molar-refractivity contribution < 1.29 is 24.0 Å². The minimum atomic E-state index is -0.857. The van der Waals surface area contributed by atoms with Crippen LogP contribution in [0.4, 0.5) is 5.82 Å². The number of carbonyl (C=O) groups is 2. The number of halogens is 1. The molecule has 2 aromatic carbocycles. The number of carbonyl (C=O) groups excluding carboxylic acids is 2. The van der Waals surface area contributed by atoms with Crippen LogP contribution in [0.25, 0.3) is 5.76 Å². The average Bonchev–Trinajstić information content (AvgIpc) is 3.29. The standard InChI is InChI=1S/C22H17BrN2O5/c1-12-11-17(24-30-12)25-19(13-3-7-15(23)8-4-13)18(21(27)22(25)28)20(26)14-5-9-16(29-2)10-6-14/h3-11,19,26H,1-2H3/b20-18+/t19-/m1/s1. The number of ether oxygens (including phenoxy) is 1. The van der Waals surface area contributed by atoms with Gasteiger partial charge in [-0.15, -0.1) is 0 Å². The van der Waals surface area contributed by atoms with Gasteiger partial charge < -0.3 is 14.4 Å². The summed E-state index contributed by atoms with van der Waals surface area (Å²) >= 11 is 3.39. The van der Waals surface area contributed by atoms with Crippen LogP contribution in [-0.4, -0.2) is 29.1 Å². The molecule has 4 rings (SSSR count). The number of amides is 1. The number of anilines is 1. The predicted molar refractivity (Wildman–Crippen MR) is 113 cm³/mol. The number of ketones is 1. The van der Waals surface area contributed by atoms with Crippen molar-refractivity contribution >= 4 is 39.2 Å². The second-order valence-corrected chi connectivity index (χ2v) is 7.66. The molecule has 0 saturated carbocycles. The van der Waals surface area contributed by atoms with Crippen molar-refractivity contribution in [3.8, 4) is 5.75 Å². The maximum absolute atomic E-state index is 13.0. The molecule has 1 saturated heterocycles. The molecular weight excluding hydrogens is 452 g/mol. The van der Waals surface area contributed by atoms with Gasteiger partial charge in [0.25, 0.3) is 5.78 Å². The zero-order valence-electron chi connectivity index (χ0n) is 16.1. The number of aliphatic hydroxyl groups is 1. The Bertz CT molecular complexity index is 1150. The van der Waals surface area contributed by atoms with E-state index in [2.05, 4.69) is 21.1 Å². The number of aryl methyl sites for hydroxylation is 1. The van der Waals surface area contributed by atoms with Crippen molar-refractivity contribution in [2.45, 2.75) is 13.0 Å². The summed E-state index contributed by atoms with van der Waals surface area (Å²) in [7, 11) is 1.54. The highest BCUT2D eigenvalue weighted by molar-refractivity contribution is 9.10. The Kier molecular flexibility index (Phi) is 5.17. The summed E-state index contributed by atoms with van der Waals surface area (Å²) < 4.78 is 11.1. The van der Waals surface area contributed by atoms with Crippen molar-refractivity contribution in [3.63, 3.8) is 0 Å². The van der Waals surface area contributed by atoms with E-state index in [0.717, 1.165) is 4.47 Å². The lowest BCUT2D eigenvalue weighted by Gasteiger charge is -2.22. The molecule has 1 fully saturated rings. The highest BCUT2D eigenvalue weighted by atomic mass is 79.9. The first-order valence-corrected chi connectivity index (χ1v) is 9.84. The van der Waals surface area contributed by atoms with Gasteiger partial charge in [0, 0.05) is 16.1 Å². The number of Topliss-reactive ketones (excluding diaryl/α,β-unsaturated/α-hetero) is 1. The quantitative estimate of drug-likeness (QED) is 0.347. The van der Waals surface area contributed by atoms with E-state index < -0.39 is 17.7 Å². The molecule has 0 bridgehead atoms. The van der Waals surface area contributed by atoms with Crippen molar-refractivity contribution in [3.05, 3.63) is 81.5 Å². The molecular formula is C22H17BrN2O5. The first-order valence-electron chi connectivity index (χ1n) is 9.05. The van der Waals surface area contributed by atoms with Gasteiger partial charge in [-0.1, -0.05) is 33.2 Å². The van der Waals surface area contributed by atoms with Crippen molar-refractivity contribution in [2.24, 2.45) is 0 Å². The Hall–Kier alpha value is -3.39. The van der Waals surface area contributed by atoms with Gasteiger partial charge in [-0.25, -0.2) is 0 Å². The van der Waals surface area contributed by atoms with E-state index >= 15 is 0 Å².